The summed E-state index contributed by atoms with van der Waals surface area (Å²) < 4.78 is 31.5. The molecule has 1 aromatic carbocycles. The summed E-state index contributed by atoms with van der Waals surface area (Å²) >= 11 is 11.6. The van der Waals surface area contributed by atoms with Gasteiger partial charge in [0, 0.05) is 6.04 Å². The first-order valence-electron chi connectivity index (χ1n) is 8.00. The Labute approximate surface area is 163 Å². The predicted molar refractivity (Wildman–Crippen MR) is 99.7 cm³/mol. The molecule has 1 aromatic rings. The number of benzene rings is 1. The number of amides is 1. The van der Waals surface area contributed by atoms with Crippen molar-refractivity contribution in [3.63, 3.8) is 0 Å². The van der Waals surface area contributed by atoms with Gasteiger partial charge in [0.05, 0.1) is 14.9 Å². The van der Waals surface area contributed by atoms with Crippen LogP contribution in [0, 0.1) is 0 Å². The van der Waals surface area contributed by atoms with E-state index < -0.39 is 34.5 Å². The molecule has 1 rings (SSSR count). The summed E-state index contributed by atoms with van der Waals surface area (Å²) in [5.41, 5.74) is 0. The van der Waals surface area contributed by atoms with Crippen molar-refractivity contribution in [1.82, 2.24) is 10.0 Å². The largest absolute Gasteiger partial charge is 0.454 e. The van der Waals surface area contributed by atoms with E-state index in [9.17, 15) is 18.0 Å². The second-order valence-corrected chi connectivity index (χ2v) is 8.31. The molecule has 0 aromatic heterocycles. The van der Waals surface area contributed by atoms with Crippen molar-refractivity contribution in [2.75, 3.05) is 6.61 Å². The fourth-order valence-corrected chi connectivity index (χ4v) is 3.66. The minimum absolute atomic E-state index is 0.0308. The van der Waals surface area contributed by atoms with Crippen LogP contribution in [0.25, 0.3) is 0 Å². The molecule has 1 amide bonds. The molecule has 0 heterocycles. The van der Waals surface area contributed by atoms with Crippen LogP contribution in [0.15, 0.2) is 23.1 Å². The number of nitrogens with one attached hydrogen (secondary N) is 2. The molecule has 0 radical (unpaired) electrons. The molecule has 1 unspecified atom stereocenters. The molecule has 0 fully saturated rings. The average molecular weight is 425 g/mol. The van der Waals surface area contributed by atoms with Crippen molar-refractivity contribution >= 4 is 45.1 Å². The zero-order chi connectivity index (χ0) is 19.9. The lowest BCUT2D eigenvalue weighted by molar-refractivity contribution is -0.149. The van der Waals surface area contributed by atoms with Gasteiger partial charge in [-0.1, -0.05) is 36.5 Å². The predicted octanol–water partition coefficient (Wildman–Crippen LogP) is 2.51. The molecular weight excluding hydrogens is 403 g/mol. The Hall–Kier alpha value is -1.35. The van der Waals surface area contributed by atoms with Crippen molar-refractivity contribution in [2.45, 2.75) is 50.6 Å². The lowest BCUT2D eigenvalue weighted by Gasteiger charge is -2.15. The molecule has 0 saturated heterocycles. The minimum Gasteiger partial charge on any atom is -0.454 e. The molecule has 0 saturated carbocycles. The highest BCUT2D eigenvalue weighted by Gasteiger charge is 2.24. The van der Waals surface area contributed by atoms with Gasteiger partial charge in [-0.3, -0.25) is 9.59 Å². The van der Waals surface area contributed by atoms with Crippen LogP contribution < -0.4 is 10.0 Å². The quantitative estimate of drug-likeness (QED) is 0.592. The number of carbonyl (C=O) groups is 2. The second kappa shape index (κ2) is 10.1. The monoisotopic (exact) mass is 424 g/mol. The fraction of sp³-hybridized carbons (Fsp3) is 0.500. The van der Waals surface area contributed by atoms with Crippen LogP contribution in [0.4, 0.5) is 0 Å². The number of carbonyl (C=O) groups excluding carboxylic acids is 2. The average Bonchev–Trinajstić information content (AvgIpc) is 2.54. The lowest BCUT2D eigenvalue weighted by Crippen LogP contribution is -2.41. The minimum atomic E-state index is -4.00. The summed E-state index contributed by atoms with van der Waals surface area (Å²) in [5, 5.41) is 2.96. The normalized spacial score (nSPS) is 13.7. The van der Waals surface area contributed by atoms with Crippen LogP contribution >= 0.6 is 23.2 Å². The van der Waals surface area contributed by atoms with Crippen molar-refractivity contribution in [2.24, 2.45) is 0 Å². The third-order valence-electron chi connectivity index (χ3n) is 3.36. The van der Waals surface area contributed by atoms with Crippen LogP contribution in [0.3, 0.4) is 0 Å². The smallest absolute Gasteiger partial charge is 0.324 e. The van der Waals surface area contributed by atoms with E-state index in [-0.39, 0.29) is 21.0 Å². The van der Waals surface area contributed by atoms with Gasteiger partial charge in [0.2, 0.25) is 10.0 Å². The summed E-state index contributed by atoms with van der Waals surface area (Å²) in [6, 6.07) is 2.56. The Kier molecular flexibility index (Phi) is 8.82. The first-order valence-corrected chi connectivity index (χ1v) is 10.2. The van der Waals surface area contributed by atoms with Crippen molar-refractivity contribution in [1.29, 1.82) is 0 Å². The molecule has 0 aliphatic rings. The first kappa shape index (κ1) is 22.7. The Balaban J connectivity index is 2.60. The summed E-state index contributed by atoms with van der Waals surface area (Å²) in [4.78, 5) is 23.4. The molecule has 2 atom stereocenters. The second-order valence-electron chi connectivity index (χ2n) is 5.78. The SMILES string of the molecule is CCCC(C)NC(=O)COC(=O)[C@H](C)NS(=O)(=O)c1ccc(Cl)c(Cl)c1. The van der Waals surface area contributed by atoms with E-state index >= 15 is 0 Å². The summed E-state index contributed by atoms with van der Waals surface area (Å²) in [7, 11) is -4.00. The van der Waals surface area contributed by atoms with Gasteiger partial charge >= 0.3 is 5.97 Å². The first-order chi connectivity index (χ1) is 12.1. The number of sulfonamides is 1. The van der Waals surface area contributed by atoms with E-state index in [2.05, 4.69) is 10.0 Å². The van der Waals surface area contributed by atoms with Gasteiger partial charge in [-0.05, 0) is 38.5 Å². The highest BCUT2D eigenvalue weighted by Crippen LogP contribution is 2.24. The Morgan fingerprint density at radius 1 is 1.19 bits per heavy atom. The molecule has 146 valence electrons. The summed E-state index contributed by atoms with van der Waals surface area (Å²) in [6.45, 7) is 4.67. The number of ether oxygens (including phenoxy) is 1. The van der Waals surface area contributed by atoms with Gasteiger partial charge in [-0.25, -0.2) is 8.42 Å². The molecule has 0 aliphatic carbocycles. The van der Waals surface area contributed by atoms with E-state index in [0.717, 1.165) is 12.8 Å². The molecule has 0 bridgehead atoms. The number of esters is 1. The van der Waals surface area contributed by atoms with Crippen LogP contribution in [0.5, 0.6) is 0 Å². The zero-order valence-electron chi connectivity index (χ0n) is 14.7. The van der Waals surface area contributed by atoms with E-state index in [1.165, 1.54) is 25.1 Å². The molecule has 7 nitrogen and oxygen atoms in total. The summed E-state index contributed by atoms with van der Waals surface area (Å²) in [6.07, 6.45) is 1.72. The maximum absolute atomic E-state index is 12.3. The Bertz CT molecular complexity index is 755. The standard InChI is InChI=1S/C16H22Cl2N2O5S/c1-4-5-10(2)19-15(21)9-25-16(22)11(3)20-26(23,24)12-6-7-13(17)14(18)8-12/h6-8,10-11,20H,4-5,9H2,1-3H3,(H,19,21)/t10?,11-/m0/s1. The highest BCUT2D eigenvalue weighted by molar-refractivity contribution is 7.89. The van der Waals surface area contributed by atoms with Crippen molar-refractivity contribution in [3.8, 4) is 0 Å². The molecule has 26 heavy (non-hydrogen) atoms. The molecular formula is C16H22Cl2N2O5S. The van der Waals surface area contributed by atoms with Crippen molar-refractivity contribution < 1.29 is 22.7 Å². The zero-order valence-corrected chi connectivity index (χ0v) is 17.0. The molecule has 0 aliphatic heterocycles. The van der Waals surface area contributed by atoms with E-state index in [1.807, 2.05) is 13.8 Å². The number of hydrogen-bond acceptors (Lipinski definition) is 5. The maximum Gasteiger partial charge on any atom is 0.324 e. The maximum atomic E-state index is 12.3. The van der Waals surface area contributed by atoms with Gasteiger partial charge in [0.15, 0.2) is 6.61 Å². The third-order valence-corrected chi connectivity index (χ3v) is 5.64. The van der Waals surface area contributed by atoms with Crippen LogP contribution in [0.2, 0.25) is 10.0 Å². The van der Waals surface area contributed by atoms with Gasteiger partial charge in [0.1, 0.15) is 6.04 Å². The number of halogens is 2. The van der Waals surface area contributed by atoms with E-state index in [0.29, 0.717) is 0 Å². The summed E-state index contributed by atoms with van der Waals surface area (Å²) in [5.74, 6) is -1.31. The Morgan fingerprint density at radius 2 is 1.85 bits per heavy atom. The molecule has 2 N–H and O–H groups in total. The van der Waals surface area contributed by atoms with Gasteiger partial charge in [0.25, 0.3) is 5.91 Å². The topological polar surface area (TPSA) is 102 Å². The molecule has 0 spiro atoms. The van der Waals surface area contributed by atoms with Crippen LogP contribution in [0.1, 0.15) is 33.6 Å². The number of rotatable bonds is 9. The van der Waals surface area contributed by atoms with Gasteiger partial charge < -0.3 is 10.1 Å². The third kappa shape index (κ3) is 7.11. The highest BCUT2D eigenvalue weighted by atomic mass is 35.5. The van der Waals surface area contributed by atoms with E-state index in [4.69, 9.17) is 27.9 Å². The van der Waals surface area contributed by atoms with Gasteiger partial charge in [-0.15, -0.1) is 0 Å². The van der Waals surface area contributed by atoms with Crippen LogP contribution in [-0.2, 0) is 24.3 Å². The molecule has 10 heteroatoms. The lowest BCUT2D eigenvalue weighted by atomic mass is 10.2. The number of hydrogen-bond donors (Lipinski definition) is 2. The Morgan fingerprint density at radius 3 is 2.42 bits per heavy atom. The van der Waals surface area contributed by atoms with Crippen molar-refractivity contribution in [3.05, 3.63) is 28.2 Å². The fourth-order valence-electron chi connectivity index (χ4n) is 2.08. The van der Waals surface area contributed by atoms with Gasteiger partial charge in [-0.2, -0.15) is 4.72 Å². The van der Waals surface area contributed by atoms with E-state index in [1.54, 1.807) is 0 Å². The van der Waals surface area contributed by atoms with Crippen LogP contribution in [-0.4, -0.2) is 39.0 Å².